The van der Waals surface area contributed by atoms with E-state index in [0.29, 0.717) is 5.82 Å². The molecule has 9 heteroatoms. The van der Waals surface area contributed by atoms with E-state index >= 15 is 0 Å². The molecule has 0 aliphatic carbocycles. The summed E-state index contributed by atoms with van der Waals surface area (Å²) in [5.74, 6) is 0.345. The van der Waals surface area contributed by atoms with Crippen LogP contribution in [0.5, 0.6) is 0 Å². The quantitative estimate of drug-likeness (QED) is 0.320. The van der Waals surface area contributed by atoms with Crippen LogP contribution >= 0.6 is 0 Å². The van der Waals surface area contributed by atoms with Gasteiger partial charge in [-0.3, -0.25) is 4.57 Å². The van der Waals surface area contributed by atoms with Gasteiger partial charge in [-0.05, 0) is 0 Å². The van der Waals surface area contributed by atoms with Crippen molar-refractivity contribution >= 4 is 5.82 Å². The fraction of sp³-hybridized carbons (Fsp3) is 0.636. The van der Waals surface area contributed by atoms with Crippen molar-refractivity contribution in [1.82, 2.24) is 9.55 Å². The van der Waals surface area contributed by atoms with Gasteiger partial charge in [-0.1, -0.05) is 0 Å². The van der Waals surface area contributed by atoms with E-state index < -0.39 is 24.5 Å². The third-order valence-corrected chi connectivity index (χ3v) is 3.12. The first-order chi connectivity index (χ1) is 9.62. The van der Waals surface area contributed by atoms with Crippen LogP contribution in [0, 0.1) is 6.42 Å². The lowest BCUT2D eigenvalue weighted by molar-refractivity contribution is -0.0429. The average Bonchev–Trinajstić information content (AvgIpc) is 3.02. The lowest BCUT2D eigenvalue weighted by Crippen LogP contribution is -2.24. The Labute approximate surface area is 115 Å². The first-order valence-corrected chi connectivity index (χ1v) is 6.21. The molecule has 1 aromatic rings. The number of hydrogen-bond acceptors (Lipinski definition) is 8. The van der Waals surface area contributed by atoms with Gasteiger partial charge in [0.15, 0.2) is 0 Å². The van der Waals surface area contributed by atoms with E-state index in [9.17, 15) is 10.2 Å². The molecular weight excluding hydrogens is 268 g/mol. The lowest BCUT2D eigenvalue weighted by atomic mass is 10.2. The number of ether oxygens (including phenoxy) is 1. The summed E-state index contributed by atoms with van der Waals surface area (Å²) in [6, 6.07) is 0. The van der Waals surface area contributed by atoms with Gasteiger partial charge in [0.25, 0.3) is 0 Å². The van der Waals surface area contributed by atoms with E-state index in [1.54, 1.807) is 0 Å². The molecule has 1 aromatic heterocycles. The third-order valence-electron chi connectivity index (χ3n) is 3.12. The Morgan fingerprint density at radius 2 is 2.25 bits per heavy atom. The van der Waals surface area contributed by atoms with Crippen LogP contribution in [0.4, 0.5) is 5.82 Å². The number of nitrogens with two attached hydrogens (primary N) is 1. The van der Waals surface area contributed by atoms with Crippen LogP contribution in [0.1, 0.15) is 18.0 Å². The molecule has 2 heterocycles. The number of aliphatic hydroxyl groups excluding tert-OH is 4. The standard InChI is InChI=1S/C11H19N4O5/c12-2-7(19)10-11(14-5-17)15(4-13-10)9-1-6(18)8(3-16)20-9/h1,4,6-9,14,16-19H,2-3,5,12H2/t6?,7-,8-,9-/m1/s1. The monoisotopic (exact) mass is 287 g/mol. The Bertz CT molecular complexity index is 440. The number of nitrogens with one attached hydrogen (secondary N) is 1. The van der Waals surface area contributed by atoms with Crippen LogP contribution < -0.4 is 11.1 Å². The van der Waals surface area contributed by atoms with Crippen molar-refractivity contribution in [3.8, 4) is 0 Å². The van der Waals surface area contributed by atoms with Crippen LogP contribution in [-0.4, -0.2) is 62.1 Å². The van der Waals surface area contributed by atoms with Gasteiger partial charge in [0.2, 0.25) is 0 Å². The minimum absolute atomic E-state index is 0.0196. The zero-order valence-corrected chi connectivity index (χ0v) is 10.8. The minimum atomic E-state index is -0.981. The van der Waals surface area contributed by atoms with Gasteiger partial charge in [-0.15, -0.1) is 0 Å². The molecule has 1 radical (unpaired) electrons. The number of hydrogen-bond donors (Lipinski definition) is 6. The average molecular weight is 287 g/mol. The third kappa shape index (κ3) is 2.77. The molecule has 1 aliphatic rings. The maximum atomic E-state index is 9.78. The normalized spacial score (nSPS) is 27.8. The van der Waals surface area contributed by atoms with E-state index in [4.69, 9.17) is 20.7 Å². The first kappa shape index (κ1) is 15.2. The predicted molar refractivity (Wildman–Crippen MR) is 68.3 cm³/mol. The summed E-state index contributed by atoms with van der Waals surface area (Å²) < 4.78 is 6.96. The highest BCUT2D eigenvalue weighted by Crippen LogP contribution is 2.32. The summed E-state index contributed by atoms with van der Waals surface area (Å²) >= 11 is 0. The summed E-state index contributed by atoms with van der Waals surface area (Å²) in [4.78, 5) is 4.04. The summed E-state index contributed by atoms with van der Waals surface area (Å²) in [5.41, 5.74) is 5.67. The number of imidazole rings is 1. The van der Waals surface area contributed by atoms with Gasteiger partial charge in [0.05, 0.1) is 19.0 Å². The van der Waals surface area contributed by atoms with Gasteiger partial charge < -0.3 is 36.2 Å². The molecule has 1 saturated heterocycles. The highest BCUT2D eigenvalue weighted by atomic mass is 16.5. The maximum absolute atomic E-state index is 9.78. The second-order valence-electron chi connectivity index (χ2n) is 4.40. The van der Waals surface area contributed by atoms with Crippen LogP contribution in [0.2, 0.25) is 0 Å². The topological polar surface area (TPSA) is 146 Å². The second-order valence-corrected chi connectivity index (χ2v) is 4.40. The van der Waals surface area contributed by atoms with Crippen LogP contribution in [0.25, 0.3) is 0 Å². The molecule has 7 N–H and O–H groups in total. The van der Waals surface area contributed by atoms with Gasteiger partial charge in [0, 0.05) is 13.0 Å². The number of rotatable bonds is 6. The number of aliphatic hydroxyl groups is 4. The molecule has 0 bridgehead atoms. The van der Waals surface area contributed by atoms with E-state index in [-0.39, 0.29) is 25.6 Å². The Balaban J connectivity index is 2.25. The van der Waals surface area contributed by atoms with Gasteiger partial charge in [-0.2, -0.15) is 0 Å². The summed E-state index contributed by atoms with van der Waals surface area (Å²) in [5, 5.41) is 40.2. The Hall–Kier alpha value is -1.23. The van der Waals surface area contributed by atoms with Gasteiger partial charge in [-0.25, -0.2) is 4.98 Å². The molecule has 0 saturated carbocycles. The van der Waals surface area contributed by atoms with E-state index in [1.807, 2.05) is 0 Å². The highest BCUT2D eigenvalue weighted by molar-refractivity contribution is 5.43. The van der Waals surface area contributed by atoms with Crippen molar-refractivity contribution < 1.29 is 25.2 Å². The van der Waals surface area contributed by atoms with E-state index in [1.165, 1.54) is 17.3 Å². The van der Waals surface area contributed by atoms with E-state index in [2.05, 4.69) is 10.3 Å². The zero-order chi connectivity index (χ0) is 14.7. The molecular formula is C11H19N4O5. The molecule has 4 atom stereocenters. The Morgan fingerprint density at radius 1 is 1.50 bits per heavy atom. The largest absolute Gasteiger partial charge is 0.394 e. The number of aromatic nitrogens is 2. The smallest absolute Gasteiger partial charge is 0.143 e. The summed E-state index contributed by atoms with van der Waals surface area (Å²) in [6.45, 7) is -0.702. The molecule has 0 amide bonds. The van der Waals surface area contributed by atoms with Crippen molar-refractivity contribution in [2.75, 3.05) is 25.2 Å². The van der Waals surface area contributed by atoms with Crippen molar-refractivity contribution in [3.63, 3.8) is 0 Å². The molecule has 0 aromatic carbocycles. The molecule has 0 spiro atoms. The minimum Gasteiger partial charge on any atom is -0.394 e. The SMILES string of the molecule is NC[C@@H](O)c1ncn([C@H]2[CH]C(O)[C@@H](CO)O2)c1NCO. The van der Waals surface area contributed by atoms with Gasteiger partial charge >= 0.3 is 0 Å². The summed E-state index contributed by atoms with van der Waals surface area (Å²) in [7, 11) is 0. The van der Waals surface area contributed by atoms with Gasteiger partial charge in [0.1, 0.15) is 36.7 Å². The second kappa shape index (κ2) is 6.48. The van der Waals surface area contributed by atoms with E-state index in [0.717, 1.165) is 0 Å². The predicted octanol–water partition coefficient (Wildman–Crippen LogP) is -2.31. The number of nitrogens with zero attached hydrogens (tertiary/aromatic N) is 2. The molecule has 1 aliphatic heterocycles. The Kier molecular flexibility index (Phi) is 4.91. The number of anilines is 1. The van der Waals surface area contributed by atoms with Crippen LogP contribution in [0.3, 0.4) is 0 Å². The van der Waals surface area contributed by atoms with Crippen molar-refractivity contribution in [2.45, 2.75) is 24.5 Å². The van der Waals surface area contributed by atoms with Crippen molar-refractivity contribution in [2.24, 2.45) is 5.73 Å². The molecule has 113 valence electrons. The van der Waals surface area contributed by atoms with Crippen LogP contribution in [-0.2, 0) is 4.74 Å². The van der Waals surface area contributed by atoms with Crippen molar-refractivity contribution in [3.05, 3.63) is 18.4 Å². The molecule has 20 heavy (non-hydrogen) atoms. The fourth-order valence-corrected chi connectivity index (χ4v) is 2.09. The molecule has 1 fully saturated rings. The maximum Gasteiger partial charge on any atom is 0.143 e. The first-order valence-electron chi connectivity index (χ1n) is 6.21. The fourth-order valence-electron chi connectivity index (χ4n) is 2.09. The molecule has 9 nitrogen and oxygen atoms in total. The molecule has 2 rings (SSSR count). The van der Waals surface area contributed by atoms with Crippen molar-refractivity contribution in [1.29, 1.82) is 0 Å². The highest BCUT2D eigenvalue weighted by Gasteiger charge is 2.36. The lowest BCUT2D eigenvalue weighted by Gasteiger charge is -2.18. The Morgan fingerprint density at radius 3 is 2.80 bits per heavy atom. The molecule has 1 unspecified atom stereocenters. The van der Waals surface area contributed by atoms with Crippen LogP contribution in [0.15, 0.2) is 6.33 Å². The zero-order valence-electron chi connectivity index (χ0n) is 10.8. The summed E-state index contributed by atoms with van der Waals surface area (Å²) in [6.07, 6.45) is -0.374.